The summed E-state index contributed by atoms with van der Waals surface area (Å²) in [5, 5.41) is 13.9. The molecule has 0 bridgehead atoms. The van der Waals surface area contributed by atoms with E-state index in [-0.39, 0.29) is 40.5 Å². The Morgan fingerprint density at radius 2 is 1.97 bits per heavy atom. The van der Waals surface area contributed by atoms with Crippen molar-refractivity contribution in [2.45, 2.75) is 49.7 Å². The van der Waals surface area contributed by atoms with Gasteiger partial charge in [0, 0.05) is 37.3 Å². The van der Waals surface area contributed by atoms with E-state index in [1.807, 2.05) is 36.4 Å². The molecule has 1 saturated carbocycles. The first kappa shape index (κ1) is 27.4. The van der Waals surface area contributed by atoms with Crippen molar-refractivity contribution in [3.8, 4) is 28.5 Å². The van der Waals surface area contributed by atoms with Crippen molar-refractivity contribution in [2.75, 3.05) is 19.7 Å². The van der Waals surface area contributed by atoms with Gasteiger partial charge in [0.2, 0.25) is 5.88 Å². The summed E-state index contributed by atoms with van der Waals surface area (Å²) in [4.78, 5) is 19.5. The predicted molar refractivity (Wildman–Crippen MR) is 150 cm³/mol. The number of nitrogens with two attached hydrogens (primary N) is 1. The zero-order chi connectivity index (χ0) is 27.4. The molecular weight excluding hydrogens is 519 g/mol. The summed E-state index contributed by atoms with van der Waals surface area (Å²) in [5.41, 5.74) is 8.23. The monoisotopic (exact) mass is 552 g/mol. The minimum absolute atomic E-state index is 0.0397. The van der Waals surface area contributed by atoms with E-state index in [4.69, 9.17) is 15.2 Å². The summed E-state index contributed by atoms with van der Waals surface area (Å²) in [6.45, 7) is 2.22. The minimum Gasteiger partial charge on any atom is -0.504 e. The van der Waals surface area contributed by atoms with Gasteiger partial charge in [0.1, 0.15) is 16.8 Å². The predicted octanol–water partition coefficient (Wildman–Crippen LogP) is 4.47. The van der Waals surface area contributed by atoms with Gasteiger partial charge in [-0.2, -0.15) is 0 Å². The molecule has 5 rings (SSSR count). The van der Waals surface area contributed by atoms with E-state index in [1.54, 1.807) is 6.07 Å². The molecular formula is C29H33FN4O4S. The molecule has 1 amide bonds. The molecule has 10 heteroatoms. The highest BCUT2D eigenvalue weighted by molar-refractivity contribution is 7.80. The first-order valence-electron chi connectivity index (χ1n) is 13.2. The number of hydrogen-bond donors (Lipinski definition) is 4. The van der Waals surface area contributed by atoms with Crippen LogP contribution in [0.15, 0.2) is 54.7 Å². The second-order valence-electron chi connectivity index (χ2n) is 10.1. The quantitative estimate of drug-likeness (QED) is 0.320. The molecule has 1 aliphatic carbocycles. The molecule has 1 aromatic heterocycles. The number of halogens is 1. The second kappa shape index (κ2) is 12.3. The van der Waals surface area contributed by atoms with Crippen LogP contribution in [0, 0.1) is 5.82 Å². The maximum atomic E-state index is 14.3. The Morgan fingerprint density at radius 1 is 1.21 bits per heavy atom. The van der Waals surface area contributed by atoms with Gasteiger partial charge in [-0.05, 0) is 48.9 Å². The third-order valence-electron chi connectivity index (χ3n) is 7.21. The topological polar surface area (TPSA) is 110 Å². The number of carbonyl (C=O) groups excluding carboxylic acids is 1. The van der Waals surface area contributed by atoms with Crippen molar-refractivity contribution in [3.63, 3.8) is 0 Å². The molecule has 206 valence electrons. The Hall–Kier alpha value is -3.18. The van der Waals surface area contributed by atoms with Gasteiger partial charge in [-0.3, -0.25) is 9.69 Å². The summed E-state index contributed by atoms with van der Waals surface area (Å²) >= 11 is 4.47. The number of aromatic hydroxyl groups is 1. The van der Waals surface area contributed by atoms with E-state index in [9.17, 15) is 14.3 Å². The number of nitrogens with zero attached hydrogens (tertiary/aromatic N) is 2. The highest BCUT2D eigenvalue weighted by atomic mass is 32.1. The van der Waals surface area contributed by atoms with Crippen LogP contribution in [0.1, 0.15) is 41.6 Å². The maximum Gasteiger partial charge on any atom is 0.257 e. The van der Waals surface area contributed by atoms with Crippen molar-refractivity contribution in [1.29, 1.82) is 0 Å². The Morgan fingerprint density at radius 3 is 2.72 bits per heavy atom. The maximum absolute atomic E-state index is 14.3. The van der Waals surface area contributed by atoms with Gasteiger partial charge in [0.05, 0.1) is 12.8 Å². The zero-order valence-electron chi connectivity index (χ0n) is 21.6. The molecule has 3 aromatic rings. The first-order valence-corrected chi connectivity index (χ1v) is 13.7. The number of thiol groups is 1. The van der Waals surface area contributed by atoms with Crippen LogP contribution in [0.2, 0.25) is 0 Å². The fourth-order valence-electron chi connectivity index (χ4n) is 5.12. The van der Waals surface area contributed by atoms with Crippen molar-refractivity contribution < 1.29 is 23.8 Å². The van der Waals surface area contributed by atoms with Crippen LogP contribution in [-0.2, 0) is 11.3 Å². The summed E-state index contributed by atoms with van der Waals surface area (Å²) in [6, 6.07) is 14.3. The Bertz CT molecular complexity index is 1300. The minimum atomic E-state index is -0.659. The molecule has 1 aliphatic heterocycles. The summed E-state index contributed by atoms with van der Waals surface area (Å²) in [5.74, 6) is -1.18. The molecule has 2 heterocycles. The molecule has 0 radical (unpaired) electrons. The standard InChI is InChI=1S/C29H33FN4O4S/c30-19-14-23(28(36)33-21-8-6-20(31)7-9-21)29(32-15-19)38-27-24(16-34-12-13-37-26(39)17-34)22(10-11-25(27)35)18-4-2-1-3-5-18/h1-5,10-11,14-15,20-21,26,35,39H,6-9,12-13,16-17,31H2,(H,33,36). The van der Waals surface area contributed by atoms with E-state index in [0.717, 1.165) is 49.1 Å². The first-order chi connectivity index (χ1) is 18.9. The number of phenolic OH excluding ortho intramolecular Hbond substituents is 1. The normalized spacial score (nSPS) is 21.9. The number of rotatable bonds is 7. The van der Waals surface area contributed by atoms with Crippen LogP contribution in [-0.4, -0.2) is 58.1 Å². The lowest BCUT2D eigenvalue weighted by atomic mass is 9.91. The fourth-order valence-corrected chi connectivity index (χ4v) is 5.45. The van der Waals surface area contributed by atoms with Gasteiger partial charge < -0.3 is 25.6 Å². The lowest BCUT2D eigenvalue weighted by Crippen LogP contribution is -2.40. The number of aromatic nitrogens is 1. The molecule has 2 aromatic carbocycles. The Balaban J connectivity index is 1.50. The number of benzene rings is 2. The zero-order valence-corrected chi connectivity index (χ0v) is 22.4. The molecule has 1 saturated heterocycles. The van der Waals surface area contributed by atoms with Crippen LogP contribution in [0.5, 0.6) is 17.4 Å². The van der Waals surface area contributed by atoms with Gasteiger partial charge >= 0.3 is 0 Å². The van der Waals surface area contributed by atoms with E-state index in [2.05, 4.69) is 27.8 Å². The number of hydrogen-bond acceptors (Lipinski definition) is 8. The van der Waals surface area contributed by atoms with E-state index < -0.39 is 11.7 Å². The summed E-state index contributed by atoms with van der Waals surface area (Å²) in [6.07, 6.45) is 4.13. The van der Waals surface area contributed by atoms with Crippen molar-refractivity contribution in [1.82, 2.24) is 15.2 Å². The van der Waals surface area contributed by atoms with Gasteiger partial charge in [-0.15, -0.1) is 12.6 Å². The van der Waals surface area contributed by atoms with Crippen molar-refractivity contribution in [3.05, 3.63) is 71.7 Å². The van der Waals surface area contributed by atoms with Gasteiger partial charge in [0.15, 0.2) is 11.5 Å². The number of phenols is 1. The van der Waals surface area contributed by atoms with Crippen LogP contribution >= 0.6 is 12.6 Å². The number of morpholine rings is 1. The van der Waals surface area contributed by atoms with E-state index in [1.165, 1.54) is 0 Å². The number of amides is 1. The van der Waals surface area contributed by atoms with Crippen molar-refractivity contribution >= 4 is 18.5 Å². The largest absolute Gasteiger partial charge is 0.504 e. The Labute approximate surface area is 232 Å². The highest BCUT2D eigenvalue weighted by Crippen LogP contribution is 2.41. The molecule has 4 N–H and O–H groups in total. The van der Waals surface area contributed by atoms with Crippen LogP contribution < -0.4 is 15.8 Å². The van der Waals surface area contributed by atoms with Gasteiger partial charge in [-0.25, -0.2) is 9.37 Å². The smallest absolute Gasteiger partial charge is 0.257 e. The number of pyridine rings is 1. The lowest BCUT2D eigenvalue weighted by Gasteiger charge is -2.31. The average molecular weight is 553 g/mol. The van der Waals surface area contributed by atoms with Crippen LogP contribution in [0.4, 0.5) is 4.39 Å². The average Bonchev–Trinajstić information content (AvgIpc) is 2.93. The summed E-state index contributed by atoms with van der Waals surface area (Å²) in [7, 11) is 0. The van der Waals surface area contributed by atoms with Gasteiger partial charge in [-0.1, -0.05) is 36.4 Å². The molecule has 2 aliphatic rings. The van der Waals surface area contributed by atoms with Gasteiger partial charge in [0.25, 0.3) is 5.91 Å². The summed E-state index contributed by atoms with van der Waals surface area (Å²) < 4.78 is 26.1. The third-order valence-corrected chi connectivity index (χ3v) is 7.52. The SMILES string of the molecule is NC1CCC(NC(=O)c2cc(F)cnc2Oc2c(O)ccc(-c3ccccc3)c2CN2CCOC(S)C2)CC1. The fraction of sp³-hybridized carbons (Fsp3) is 0.379. The highest BCUT2D eigenvalue weighted by Gasteiger charge is 2.27. The van der Waals surface area contributed by atoms with E-state index >= 15 is 0 Å². The molecule has 0 spiro atoms. The number of nitrogens with one attached hydrogen (secondary N) is 1. The van der Waals surface area contributed by atoms with Crippen LogP contribution in [0.25, 0.3) is 11.1 Å². The van der Waals surface area contributed by atoms with E-state index in [0.29, 0.717) is 31.8 Å². The molecule has 2 fully saturated rings. The molecule has 39 heavy (non-hydrogen) atoms. The third kappa shape index (κ3) is 6.70. The molecule has 8 nitrogen and oxygen atoms in total. The molecule has 1 unspecified atom stereocenters. The number of carbonyl (C=O) groups is 1. The lowest BCUT2D eigenvalue weighted by molar-refractivity contribution is 0.0156. The van der Waals surface area contributed by atoms with Crippen molar-refractivity contribution in [2.24, 2.45) is 5.73 Å². The molecule has 1 atom stereocenters. The van der Waals surface area contributed by atoms with Crippen LogP contribution in [0.3, 0.4) is 0 Å². The number of ether oxygens (including phenoxy) is 2. The Kier molecular flexibility index (Phi) is 8.66. The second-order valence-corrected chi connectivity index (χ2v) is 10.6.